The highest BCUT2D eigenvalue weighted by atomic mass is 32.1. The van der Waals surface area contributed by atoms with Gasteiger partial charge in [0.25, 0.3) is 5.56 Å². The molecular weight excluding hydrogens is 292 g/mol. The molecule has 0 atom stereocenters. The lowest BCUT2D eigenvalue weighted by Gasteiger charge is -2.02. The van der Waals surface area contributed by atoms with Crippen molar-refractivity contribution in [3.63, 3.8) is 0 Å². The molecule has 7 heteroatoms. The Balaban J connectivity index is 2.27. The van der Waals surface area contributed by atoms with Gasteiger partial charge in [-0.25, -0.2) is 9.78 Å². The summed E-state index contributed by atoms with van der Waals surface area (Å²) in [6, 6.07) is 6.65. The number of hydrogen-bond donors (Lipinski definition) is 0. The topological polar surface area (TPSA) is 69.9 Å². The zero-order chi connectivity index (χ0) is 15.0. The summed E-state index contributed by atoms with van der Waals surface area (Å²) in [7, 11) is 1.26. The van der Waals surface area contributed by atoms with Gasteiger partial charge in [0, 0.05) is 6.07 Å². The van der Waals surface area contributed by atoms with Gasteiger partial charge in [-0.3, -0.25) is 9.20 Å². The van der Waals surface area contributed by atoms with E-state index in [4.69, 9.17) is 4.74 Å². The fourth-order valence-electron chi connectivity index (χ4n) is 2.08. The second-order valence-electron chi connectivity index (χ2n) is 4.25. The van der Waals surface area contributed by atoms with Crippen molar-refractivity contribution in [2.75, 3.05) is 13.7 Å². The summed E-state index contributed by atoms with van der Waals surface area (Å²) in [5.41, 5.74) is 0.447. The van der Waals surface area contributed by atoms with Gasteiger partial charge >= 0.3 is 5.97 Å². The molecule has 3 rings (SSSR count). The van der Waals surface area contributed by atoms with E-state index in [9.17, 15) is 9.59 Å². The number of fused-ring (bicyclic) bond motifs is 3. The van der Waals surface area contributed by atoms with Crippen molar-refractivity contribution < 1.29 is 14.3 Å². The maximum atomic E-state index is 12.2. The second-order valence-corrected chi connectivity index (χ2v) is 5.26. The Morgan fingerprint density at radius 1 is 1.38 bits per heavy atom. The van der Waals surface area contributed by atoms with Crippen LogP contribution in [0.25, 0.3) is 15.2 Å². The van der Waals surface area contributed by atoms with Crippen LogP contribution in [0.15, 0.2) is 29.1 Å². The lowest BCUT2D eigenvalue weighted by molar-refractivity contribution is 0.0594. The highest BCUT2D eigenvalue weighted by Gasteiger charge is 2.14. The van der Waals surface area contributed by atoms with Gasteiger partial charge in [0.2, 0.25) is 0 Å². The van der Waals surface area contributed by atoms with E-state index in [1.807, 2.05) is 19.1 Å². The first-order chi connectivity index (χ1) is 10.1. The zero-order valence-corrected chi connectivity index (χ0v) is 12.3. The van der Waals surface area contributed by atoms with Crippen molar-refractivity contribution in [1.82, 2.24) is 9.38 Å². The van der Waals surface area contributed by atoms with E-state index < -0.39 is 5.97 Å². The molecule has 3 aromatic rings. The molecule has 0 unspecified atom stereocenters. The van der Waals surface area contributed by atoms with Crippen molar-refractivity contribution >= 4 is 32.5 Å². The quantitative estimate of drug-likeness (QED) is 0.693. The van der Waals surface area contributed by atoms with Crippen LogP contribution in [0.4, 0.5) is 0 Å². The molecule has 0 saturated heterocycles. The van der Waals surface area contributed by atoms with E-state index in [-0.39, 0.29) is 11.3 Å². The minimum absolute atomic E-state index is 0.0130. The number of aromatic nitrogens is 2. The zero-order valence-electron chi connectivity index (χ0n) is 11.5. The van der Waals surface area contributed by atoms with Gasteiger partial charge in [-0.2, -0.15) is 0 Å². The predicted molar refractivity (Wildman–Crippen MR) is 79.4 cm³/mol. The summed E-state index contributed by atoms with van der Waals surface area (Å²) in [5, 5.41) is 0. The van der Waals surface area contributed by atoms with Crippen molar-refractivity contribution in [2.45, 2.75) is 6.92 Å². The lowest BCUT2D eigenvalue weighted by atomic mass is 10.3. The van der Waals surface area contributed by atoms with E-state index in [1.165, 1.54) is 28.9 Å². The third-order valence-corrected chi connectivity index (χ3v) is 3.97. The van der Waals surface area contributed by atoms with Crippen molar-refractivity contribution in [3.8, 4) is 5.75 Å². The van der Waals surface area contributed by atoms with E-state index in [1.54, 1.807) is 6.07 Å². The first-order valence-electron chi connectivity index (χ1n) is 6.31. The molecule has 0 amide bonds. The van der Waals surface area contributed by atoms with Crippen LogP contribution in [0.3, 0.4) is 0 Å². The average Bonchev–Trinajstić information content (AvgIpc) is 2.84. The number of ether oxygens (including phenoxy) is 2. The molecule has 0 radical (unpaired) electrons. The van der Waals surface area contributed by atoms with Crippen LogP contribution in [0, 0.1) is 0 Å². The summed E-state index contributed by atoms with van der Waals surface area (Å²) in [4.78, 5) is 28.3. The maximum absolute atomic E-state index is 12.2. The summed E-state index contributed by atoms with van der Waals surface area (Å²) >= 11 is 1.32. The van der Waals surface area contributed by atoms with Gasteiger partial charge < -0.3 is 9.47 Å². The summed E-state index contributed by atoms with van der Waals surface area (Å²) in [5.74, 6) is 0.111. The van der Waals surface area contributed by atoms with Crippen LogP contribution in [-0.2, 0) is 4.74 Å². The number of thiazole rings is 1. The Kier molecular flexibility index (Phi) is 3.34. The first-order valence-corrected chi connectivity index (χ1v) is 7.13. The van der Waals surface area contributed by atoms with Gasteiger partial charge in [0.15, 0.2) is 10.7 Å². The highest BCUT2D eigenvalue weighted by Crippen LogP contribution is 2.27. The standard InChI is InChI=1S/C14H12N2O4S/c1-3-20-8-4-5-10-11(6-8)21-14-15-9(13(18)19-2)7-12(17)16(10)14/h4-7H,3H2,1-2H3. The number of benzene rings is 1. The van der Waals surface area contributed by atoms with Gasteiger partial charge in [0.1, 0.15) is 5.75 Å². The Morgan fingerprint density at radius 3 is 2.90 bits per heavy atom. The monoisotopic (exact) mass is 304 g/mol. The molecule has 0 aliphatic carbocycles. The maximum Gasteiger partial charge on any atom is 0.356 e. The summed E-state index contributed by atoms with van der Waals surface area (Å²) in [6.07, 6.45) is 0. The van der Waals surface area contributed by atoms with Crippen molar-refractivity contribution in [2.24, 2.45) is 0 Å². The average molecular weight is 304 g/mol. The van der Waals surface area contributed by atoms with Crippen molar-refractivity contribution in [3.05, 3.63) is 40.3 Å². The largest absolute Gasteiger partial charge is 0.494 e. The second kappa shape index (κ2) is 5.17. The molecule has 6 nitrogen and oxygen atoms in total. The number of carbonyl (C=O) groups excluding carboxylic acids is 1. The summed E-state index contributed by atoms with van der Waals surface area (Å²) in [6.45, 7) is 2.48. The van der Waals surface area contributed by atoms with Gasteiger partial charge in [0.05, 0.1) is 23.9 Å². The minimum Gasteiger partial charge on any atom is -0.494 e. The molecule has 108 valence electrons. The lowest BCUT2D eigenvalue weighted by Crippen LogP contribution is -2.16. The third-order valence-electron chi connectivity index (χ3n) is 2.97. The number of nitrogens with zero attached hydrogens (tertiary/aromatic N) is 2. The number of esters is 1. The molecule has 0 aliphatic heterocycles. The first kappa shape index (κ1) is 13.6. The number of rotatable bonds is 3. The molecule has 1 aromatic carbocycles. The molecular formula is C14H12N2O4S. The molecule has 0 fully saturated rings. The van der Waals surface area contributed by atoms with Crippen LogP contribution in [-0.4, -0.2) is 29.1 Å². The highest BCUT2D eigenvalue weighted by molar-refractivity contribution is 7.23. The third kappa shape index (κ3) is 2.25. The predicted octanol–water partition coefficient (Wildman–Crippen LogP) is 2.09. The van der Waals surface area contributed by atoms with Crippen molar-refractivity contribution in [1.29, 1.82) is 0 Å². The van der Waals surface area contributed by atoms with E-state index in [2.05, 4.69) is 9.72 Å². The Bertz CT molecular complexity index is 897. The smallest absolute Gasteiger partial charge is 0.356 e. The van der Waals surface area contributed by atoms with Crippen LogP contribution in [0.2, 0.25) is 0 Å². The van der Waals surface area contributed by atoms with Gasteiger partial charge in [-0.15, -0.1) is 0 Å². The molecule has 2 aromatic heterocycles. The Hall–Kier alpha value is -2.41. The van der Waals surface area contributed by atoms with Crippen LogP contribution >= 0.6 is 11.3 Å². The molecule has 0 saturated carbocycles. The molecule has 0 spiro atoms. The molecule has 0 N–H and O–H groups in total. The fraction of sp³-hybridized carbons (Fsp3) is 0.214. The van der Waals surface area contributed by atoms with Gasteiger partial charge in [-0.1, -0.05) is 11.3 Å². The number of hydrogen-bond acceptors (Lipinski definition) is 6. The number of carbonyl (C=O) groups is 1. The summed E-state index contributed by atoms with van der Waals surface area (Å²) < 4.78 is 12.4. The molecule has 21 heavy (non-hydrogen) atoms. The molecule has 0 bridgehead atoms. The van der Waals surface area contributed by atoms with E-state index in [0.29, 0.717) is 11.6 Å². The normalized spacial score (nSPS) is 11.0. The van der Waals surface area contributed by atoms with E-state index >= 15 is 0 Å². The minimum atomic E-state index is -0.623. The fourth-order valence-corrected chi connectivity index (χ4v) is 3.14. The molecule has 0 aliphatic rings. The number of methoxy groups -OCH3 is 1. The van der Waals surface area contributed by atoms with E-state index in [0.717, 1.165) is 16.0 Å². The van der Waals surface area contributed by atoms with Crippen LogP contribution in [0.5, 0.6) is 5.75 Å². The SMILES string of the molecule is CCOc1ccc2c(c1)sc1nc(C(=O)OC)cc(=O)n12. The Labute approximate surface area is 123 Å². The van der Waals surface area contributed by atoms with Gasteiger partial charge in [-0.05, 0) is 25.1 Å². The molecule has 2 heterocycles. The van der Waals surface area contributed by atoms with Crippen LogP contribution < -0.4 is 10.3 Å². The van der Waals surface area contributed by atoms with Crippen LogP contribution in [0.1, 0.15) is 17.4 Å². The Morgan fingerprint density at radius 2 is 2.19 bits per heavy atom.